The number of hydrogen-bond donors (Lipinski definition) is 0. The van der Waals surface area contributed by atoms with Crippen molar-refractivity contribution in [3.05, 3.63) is 6.92 Å². The molecular formula is C9H14O2. The van der Waals surface area contributed by atoms with Crippen molar-refractivity contribution in [3.63, 3.8) is 0 Å². The van der Waals surface area contributed by atoms with Crippen LogP contribution in [0.3, 0.4) is 0 Å². The minimum atomic E-state index is -0.153. The molecule has 2 nitrogen and oxygen atoms in total. The topological polar surface area (TPSA) is 26.3 Å². The lowest BCUT2D eigenvalue weighted by Gasteiger charge is -2.25. The second-order valence-electron chi connectivity index (χ2n) is 3.11. The van der Waals surface area contributed by atoms with Crippen LogP contribution in [-0.2, 0) is 9.53 Å². The van der Waals surface area contributed by atoms with Crippen LogP contribution in [0.1, 0.15) is 25.7 Å². The molecule has 1 aliphatic carbocycles. The number of methoxy groups -OCH3 is 1. The molecule has 0 amide bonds. The molecule has 62 valence electrons. The molecule has 1 aliphatic rings. The van der Waals surface area contributed by atoms with E-state index in [4.69, 9.17) is 11.7 Å². The highest BCUT2D eigenvalue weighted by atomic mass is 16.5. The maximum absolute atomic E-state index is 10.7. The number of carbonyl (C=O) groups is 1. The standard InChI is InChI=1S/C9H14O2/c1-7(10)8-3-5-9(11-2)6-4-8/h1,8-9H,3-6H2,2H3. The molecule has 0 unspecified atom stereocenters. The number of rotatable bonds is 2. The zero-order chi connectivity index (χ0) is 8.27. The second-order valence-corrected chi connectivity index (χ2v) is 3.11. The summed E-state index contributed by atoms with van der Waals surface area (Å²) in [6, 6.07) is 0. The Bertz CT molecular complexity index is 134. The van der Waals surface area contributed by atoms with E-state index in [1.165, 1.54) is 0 Å². The maximum Gasteiger partial charge on any atom is 0.140 e. The summed E-state index contributed by atoms with van der Waals surface area (Å²) in [5.41, 5.74) is 0. The highest BCUT2D eigenvalue weighted by molar-refractivity contribution is 5.84. The summed E-state index contributed by atoms with van der Waals surface area (Å²) in [5.74, 6) is -0.0547. The Morgan fingerprint density at radius 1 is 1.36 bits per heavy atom. The minimum absolute atomic E-state index is 0.0985. The molecule has 1 fully saturated rings. The first-order valence-corrected chi connectivity index (χ1v) is 4.06. The normalized spacial score (nSPS) is 31.8. The number of ether oxygens (including phenoxy) is 1. The van der Waals surface area contributed by atoms with Gasteiger partial charge in [0.05, 0.1) is 6.10 Å². The minimum Gasteiger partial charge on any atom is -0.381 e. The van der Waals surface area contributed by atoms with E-state index >= 15 is 0 Å². The molecule has 2 radical (unpaired) electrons. The Kier molecular flexibility index (Phi) is 3.06. The number of hydrogen-bond acceptors (Lipinski definition) is 2. The second kappa shape index (κ2) is 3.86. The van der Waals surface area contributed by atoms with Gasteiger partial charge in [0.1, 0.15) is 5.78 Å². The van der Waals surface area contributed by atoms with Crippen molar-refractivity contribution in [1.29, 1.82) is 0 Å². The van der Waals surface area contributed by atoms with E-state index in [0.29, 0.717) is 6.10 Å². The predicted octanol–water partition coefficient (Wildman–Crippen LogP) is 1.47. The van der Waals surface area contributed by atoms with Gasteiger partial charge in [0, 0.05) is 20.0 Å². The van der Waals surface area contributed by atoms with Gasteiger partial charge in [0.2, 0.25) is 0 Å². The lowest BCUT2D eigenvalue weighted by molar-refractivity contribution is -0.120. The van der Waals surface area contributed by atoms with Crippen LogP contribution in [0.15, 0.2) is 0 Å². The lowest BCUT2D eigenvalue weighted by atomic mass is 9.85. The van der Waals surface area contributed by atoms with E-state index in [1.807, 2.05) is 0 Å². The van der Waals surface area contributed by atoms with Gasteiger partial charge in [-0.2, -0.15) is 0 Å². The first-order chi connectivity index (χ1) is 5.24. The van der Waals surface area contributed by atoms with Crippen molar-refractivity contribution in [1.82, 2.24) is 0 Å². The van der Waals surface area contributed by atoms with E-state index in [9.17, 15) is 4.79 Å². The third-order valence-electron chi connectivity index (χ3n) is 2.41. The smallest absolute Gasteiger partial charge is 0.140 e. The molecule has 0 aromatic carbocycles. The first-order valence-electron chi connectivity index (χ1n) is 4.06. The number of carbonyl (C=O) groups excluding carboxylic acids is 1. The van der Waals surface area contributed by atoms with Crippen molar-refractivity contribution < 1.29 is 9.53 Å². The average Bonchev–Trinajstić information content (AvgIpc) is 2.05. The van der Waals surface area contributed by atoms with Gasteiger partial charge in [0.15, 0.2) is 0 Å². The molecule has 0 aliphatic heterocycles. The molecule has 2 heteroatoms. The molecule has 0 saturated heterocycles. The molecule has 0 N–H and O–H groups in total. The van der Waals surface area contributed by atoms with Crippen molar-refractivity contribution in [2.45, 2.75) is 31.8 Å². The van der Waals surface area contributed by atoms with E-state index in [1.54, 1.807) is 7.11 Å². The fourth-order valence-corrected chi connectivity index (χ4v) is 1.58. The molecule has 0 heterocycles. The van der Waals surface area contributed by atoms with E-state index in [2.05, 4.69) is 0 Å². The first kappa shape index (κ1) is 8.72. The van der Waals surface area contributed by atoms with Gasteiger partial charge >= 0.3 is 0 Å². The van der Waals surface area contributed by atoms with Crippen LogP contribution in [0.4, 0.5) is 0 Å². The average molecular weight is 154 g/mol. The molecule has 1 rings (SSSR count). The molecule has 0 spiro atoms. The van der Waals surface area contributed by atoms with Crippen LogP contribution in [-0.4, -0.2) is 19.0 Å². The number of Topliss-reactive ketones (excluding diaryl/α,β-unsaturated/α-hetero) is 1. The molecule has 0 bridgehead atoms. The van der Waals surface area contributed by atoms with Crippen LogP contribution < -0.4 is 0 Å². The van der Waals surface area contributed by atoms with Gasteiger partial charge in [-0.3, -0.25) is 4.79 Å². The summed E-state index contributed by atoms with van der Waals surface area (Å²) < 4.78 is 5.17. The summed E-state index contributed by atoms with van der Waals surface area (Å²) in [6.07, 6.45) is 4.10. The van der Waals surface area contributed by atoms with E-state index in [0.717, 1.165) is 25.7 Å². The van der Waals surface area contributed by atoms with Gasteiger partial charge < -0.3 is 4.74 Å². The molecule has 1 saturated carbocycles. The predicted molar refractivity (Wildman–Crippen MR) is 42.1 cm³/mol. The third-order valence-corrected chi connectivity index (χ3v) is 2.41. The SMILES string of the molecule is [CH]C(=O)C1CCC(OC)CC1. The zero-order valence-electron chi connectivity index (χ0n) is 6.88. The molecule has 0 aromatic rings. The highest BCUT2D eigenvalue weighted by Gasteiger charge is 2.23. The van der Waals surface area contributed by atoms with Gasteiger partial charge in [-0.25, -0.2) is 0 Å². The molecular weight excluding hydrogens is 140 g/mol. The summed E-state index contributed by atoms with van der Waals surface area (Å²) in [7, 11) is 1.72. The largest absolute Gasteiger partial charge is 0.381 e. The van der Waals surface area contributed by atoms with Crippen molar-refractivity contribution >= 4 is 5.78 Å². The van der Waals surface area contributed by atoms with Gasteiger partial charge in [-0.1, -0.05) is 0 Å². The van der Waals surface area contributed by atoms with Crippen LogP contribution in [0.2, 0.25) is 0 Å². The summed E-state index contributed by atoms with van der Waals surface area (Å²) in [4.78, 5) is 10.7. The van der Waals surface area contributed by atoms with E-state index in [-0.39, 0.29) is 11.7 Å². The van der Waals surface area contributed by atoms with E-state index < -0.39 is 0 Å². The Labute approximate surface area is 67.9 Å². The summed E-state index contributed by atoms with van der Waals surface area (Å²) in [5, 5.41) is 0. The molecule has 11 heavy (non-hydrogen) atoms. The fraction of sp³-hybridized carbons (Fsp3) is 0.778. The lowest BCUT2D eigenvalue weighted by Crippen LogP contribution is -2.24. The Balaban J connectivity index is 2.30. The Morgan fingerprint density at radius 3 is 2.27 bits per heavy atom. The number of ketones is 1. The van der Waals surface area contributed by atoms with Crippen LogP contribution in [0, 0.1) is 12.8 Å². The Hall–Kier alpha value is -0.370. The van der Waals surface area contributed by atoms with Crippen LogP contribution >= 0.6 is 0 Å². The van der Waals surface area contributed by atoms with Crippen LogP contribution in [0.25, 0.3) is 0 Å². The molecule has 0 atom stereocenters. The van der Waals surface area contributed by atoms with Gasteiger partial charge in [-0.05, 0) is 25.7 Å². The zero-order valence-corrected chi connectivity index (χ0v) is 6.88. The maximum atomic E-state index is 10.7. The molecule has 0 aromatic heterocycles. The van der Waals surface area contributed by atoms with Crippen molar-refractivity contribution in [2.24, 2.45) is 5.92 Å². The fourth-order valence-electron chi connectivity index (χ4n) is 1.58. The quantitative estimate of drug-likeness (QED) is 0.602. The monoisotopic (exact) mass is 154 g/mol. The third kappa shape index (κ3) is 2.29. The van der Waals surface area contributed by atoms with Gasteiger partial charge in [0.25, 0.3) is 0 Å². The Morgan fingerprint density at radius 2 is 1.91 bits per heavy atom. The highest BCUT2D eigenvalue weighted by Crippen LogP contribution is 2.25. The van der Waals surface area contributed by atoms with Crippen LogP contribution in [0.5, 0.6) is 0 Å². The summed E-state index contributed by atoms with van der Waals surface area (Å²) >= 11 is 0. The van der Waals surface area contributed by atoms with Crippen molar-refractivity contribution in [3.8, 4) is 0 Å². The van der Waals surface area contributed by atoms with Gasteiger partial charge in [-0.15, -0.1) is 0 Å². The summed E-state index contributed by atoms with van der Waals surface area (Å²) in [6.45, 7) is 5.17. The van der Waals surface area contributed by atoms with Crippen molar-refractivity contribution in [2.75, 3.05) is 7.11 Å².